The number of rotatable bonds is 36. The highest BCUT2D eigenvalue weighted by Crippen LogP contribution is 2.35. The van der Waals surface area contributed by atoms with E-state index in [9.17, 15) is 41.9 Å². The van der Waals surface area contributed by atoms with E-state index in [1.165, 1.54) is 25.7 Å². The van der Waals surface area contributed by atoms with Crippen LogP contribution in [0.25, 0.3) is 21.5 Å². The number of guanidine groups is 1. The fourth-order valence-corrected chi connectivity index (χ4v) is 16.3. The first-order chi connectivity index (χ1) is 55.0. The van der Waals surface area contributed by atoms with Gasteiger partial charge < -0.3 is 49.9 Å². The van der Waals surface area contributed by atoms with E-state index in [-0.39, 0.29) is 87.6 Å². The number of anilines is 2. The van der Waals surface area contributed by atoms with Gasteiger partial charge in [-0.15, -0.1) is 0 Å². The summed E-state index contributed by atoms with van der Waals surface area (Å²) in [4.78, 5) is 105. The van der Waals surface area contributed by atoms with Crippen molar-refractivity contribution in [1.29, 1.82) is 0 Å². The molecule has 29 heteroatoms. The molecule has 0 aliphatic heterocycles. The van der Waals surface area contributed by atoms with Crippen LogP contribution in [0, 0.1) is 0 Å². The standard InChI is InChI=1S/C84H92N12O10S2.C2HF3O2/c1-90(2)74-43-23-41-72-70(74)39-25-45-76(72)107(103,104)69(51-63-27-11-5-12-28-63)52-80(99)94(55-66-33-17-8-18-34-66)60-81(100)92(53-64-29-13-6-14-30-64)58-78(97)86-47-49-88-84(85)89-50-48-87-79(98)59-93(54-65-31-15-7-16-32-65)82(101)61-95(56-67-35-19-9-20-36-67)83(102)62-96(57-68-37-21-10-22-38-68)108(105,106)77-46-26-40-71-73(77)42-24-44-75(71)91(3)4;3-2(4,5)1(6)7/h5-46,69H,47-62H2,1-4H3,(H,86,97)(H,87,98)(H3,85,88,89);(H,6,7). The summed E-state index contributed by atoms with van der Waals surface area (Å²) in [6, 6.07) is 75.7. The third kappa shape index (κ3) is 25.3. The second-order valence-electron chi connectivity index (χ2n) is 27.6. The topological polar surface area (TPSA) is 307 Å². The third-order valence-corrected chi connectivity index (χ3v) is 22.7. The predicted molar refractivity (Wildman–Crippen MR) is 434 cm³/mol. The second kappa shape index (κ2) is 41.3. The molecule has 0 spiro atoms. The van der Waals surface area contributed by atoms with E-state index < -0.39 is 105 Å². The van der Waals surface area contributed by atoms with Gasteiger partial charge in [0.05, 0.1) is 47.8 Å². The number of carboxylic acid groups (broad SMARTS) is 1. The zero-order chi connectivity index (χ0) is 82.7. The minimum atomic E-state index is -5.19. The number of nitrogens with two attached hydrogens (primary N) is 1. The number of aliphatic carboxylic acids is 1. The molecule has 1 atom stereocenters. The number of sulfonamides is 1. The van der Waals surface area contributed by atoms with Crippen molar-refractivity contribution in [3.63, 3.8) is 0 Å². The number of benzene rings is 10. The molecule has 0 heterocycles. The first-order valence-electron chi connectivity index (χ1n) is 36.9. The number of sulfone groups is 1. The lowest BCUT2D eigenvalue weighted by Gasteiger charge is -2.30. The van der Waals surface area contributed by atoms with Crippen molar-refractivity contribution in [2.24, 2.45) is 0 Å². The minimum absolute atomic E-state index is 0.0130. The summed E-state index contributed by atoms with van der Waals surface area (Å²) < 4.78 is 93.1. The number of amides is 6. The number of carbonyl (C=O) groups is 7. The van der Waals surface area contributed by atoms with Gasteiger partial charge in [-0.25, -0.2) is 16.8 Å². The Bertz CT molecular complexity index is 4890. The van der Waals surface area contributed by atoms with Crippen LogP contribution in [0.2, 0.25) is 0 Å². The number of fused-ring (bicyclic) bond motifs is 2. The van der Waals surface area contributed by atoms with Crippen molar-refractivity contribution in [3.05, 3.63) is 288 Å². The van der Waals surface area contributed by atoms with Crippen LogP contribution < -0.4 is 41.6 Å². The molecule has 602 valence electrons. The molecule has 0 aliphatic rings. The Morgan fingerprint density at radius 1 is 0.374 bits per heavy atom. The van der Waals surface area contributed by atoms with Gasteiger partial charge in [-0.05, 0) is 64.1 Å². The maximum absolute atomic E-state index is 15.1. The molecule has 24 nitrogen and oxygen atoms in total. The first-order valence-corrected chi connectivity index (χ1v) is 39.9. The number of nitrogens with one attached hydrogen (secondary N) is 4. The molecule has 0 saturated heterocycles. The average Bonchev–Trinajstić information content (AvgIpc) is 0.767. The number of alkyl halides is 3. The van der Waals surface area contributed by atoms with Crippen LogP contribution >= 0.6 is 0 Å². The predicted octanol–water partition coefficient (Wildman–Crippen LogP) is 6.73. The van der Waals surface area contributed by atoms with E-state index in [2.05, 4.69) is 21.3 Å². The van der Waals surface area contributed by atoms with Gasteiger partial charge in [0.2, 0.25) is 45.5 Å². The molecule has 6 N–H and O–H groups in total. The largest absolute Gasteiger partial charge is 0.542 e. The summed E-state index contributed by atoms with van der Waals surface area (Å²) >= 11 is 0. The Kier molecular flexibility index (Phi) is 31.1. The lowest BCUT2D eigenvalue weighted by molar-refractivity contribution is -0.344. The molecule has 0 saturated carbocycles. The number of nitrogens with zero attached hydrogens (tertiary/aromatic N) is 7. The van der Waals surface area contributed by atoms with Crippen molar-refractivity contribution in [2.75, 3.05) is 96.9 Å². The molecular formula is C86H93F3N12O12S2. The highest BCUT2D eigenvalue weighted by molar-refractivity contribution is 7.92. The highest BCUT2D eigenvalue weighted by Gasteiger charge is 2.36. The van der Waals surface area contributed by atoms with Crippen LogP contribution in [0.1, 0.15) is 39.8 Å². The van der Waals surface area contributed by atoms with Crippen LogP contribution in [-0.4, -0.2) is 187 Å². The lowest BCUT2D eigenvalue weighted by Crippen LogP contribution is -2.59. The van der Waals surface area contributed by atoms with Gasteiger partial charge in [0.25, 0.3) is 0 Å². The summed E-state index contributed by atoms with van der Waals surface area (Å²) in [5, 5.41) is 28.0. The maximum atomic E-state index is 15.1. The molecule has 0 aromatic heterocycles. The monoisotopic (exact) mass is 1610 g/mol. The Morgan fingerprint density at radius 2 is 0.678 bits per heavy atom. The van der Waals surface area contributed by atoms with Crippen LogP contribution in [-0.2, 0) is 92.6 Å². The van der Waals surface area contributed by atoms with E-state index in [0.29, 0.717) is 32.8 Å². The minimum Gasteiger partial charge on any atom is -0.542 e. The van der Waals surface area contributed by atoms with Gasteiger partial charge in [-0.1, -0.05) is 231 Å². The molecule has 0 fully saturated rings. The molecule has 0 bridgehead atoms. The van der Waals surface area contributed by atoms with Gasteiger partial charge in [0, 0.05) is 113 Å². The molecule has 1 unspecified atom stereocenters. The quantitative estimate of drug-likeness (QED) is 0.0154. The van der Waals surface area contributed by atoms with Crippen LogP contribution in [0.5, 0.6) is 0 Å². The molecular weight excluding hydrogens is 1510 g/mol. The third-order valence-electron chi connectivity index (χ3n) is 18.6. The maximum Gasteiger partial charge on any atom is 0.430 e. The van der Waals surface area contributed by atoms with E-state index in [1.807, 2.05) is 214 Å². The summed E-state index contributed by atoms with van der Waals surface area (Å²) in [5.74, 6) is -6.18. The lowest BCUT2D eigenvalue weighted by atomic mass is 10.1. The summed E-state index contributed by atoms with van der Waals surface area (Å²) in [7, 11) is -1.08. The van der Waals surface area contributed by atoms with Gasteiger partial charge in [0.15, 0.2) is 9.84 Å². The zero-order valence-corrected chi connectivity index (χ0v) is 65.8. The van der Waals surface area contributed by atoms with Crippen molar-refractivity contribution >= 4 is 100 Å². The average molecular weight is 1610 g/mol. The fraction of sp³-hybridized carbons (Fsp3) is 0.256. The van der Waals surface area contributed by atoms with Gasteiger partial charge in [-0.2, -0.15) is 17.5 Å². The summed E-state index contributed by atoms with van der Waals surface area (Å²) in [5.41, 5.74) is 5.87. The van der Waals surface area contributed by atoms with Crippen LogP contribution in [0.15, 0.2) is 265 Å². The molecule has 6 amide bonds. The Balaban J connectivity index is 0.00000206. The Labute approximate surface area is 667 Å². The molecule has 10 aromatic carbocycles. The number of carbonyl (C=O) groups excluding carboxylic acids is 7. The molecule has 10 rings (SSSR count). The SMILES string of the molecule is CN(C)c1cccc2c(S(=O)(=O)C(CC(=O)N(CC(=O)N(CC(=O)NCCNC(=[NH2+])NCCNC(=O)CN(Cc3ccccc3)C(=O)CN(Cc3ccccc3)C(=O)CN(Cc3ccccc3)S(=O)(=O)c3cccc4c(N(C)C)cccc34)Cc3ccccc3)Cc3ccccc3)Cc3ccccc3)cccc12.O=C([O-])C(F)(F)F. The first kappa shape index (κ1) is 86.5. The summed E-state index contributed by atoms with van der Waals surface area (Å²) in [6.07, 6.45) is -5.62. The number of halogens is 3. The normalized spacial score (nSPS) is 11.6. The van der Waals surface area contributed by atoms with Crippen molar-refractivity contribution in [2.45, 2.75) is 66.8 Å². The molecule has 0 radical (unpaired) electrons. The van der Waals surface area contributed by atoms with Crippen LogP contribution in [0.3, 0.4) is 0 Å². The highest BCUT2D eigenvalue weighted by atomic mass is 32.2. The van der Waals surface area contributed by atoms with E-state index in [1.54, 1.807) is 72.8 Å². The van der Waals surface area contributed by atoms with Crippen molar-refractivity contribution < 1.29 is 74.1 Å². The fourth-order valence-electron chi connectivity index (χ4n) is 12.8. The van der Waals surface area contributed by atoms with E-state index >= 15 is 16.8 Å². The second-order valence-corrected chi connectivity index (χ2v) is 31.7. The van der Waals surface area contributed by atoms with Crippen molar-refractivity contribution in [3.8, 4) is 0 Å². The van der Waals surface area contributed by atoms with Gasteiger partial charge >= 0.3 is 12.1 Å². The Morgan fingerprint density at radius 3 is 1.05 bits per heavy atom. The Hall–Kier alpha value is -12.5. The van der Waals surface area contributed by atoms with Gasteiger partial charge in [-0.3, -0.25) is 44.8 Å². The van der Waals surface area contributed by atoms with Crippen LogP contribution in [0.4, 0.5) is 24.5 Å². The van der Waals surface area contributed by atoms with E-state index in [0.717, 1.165) is 37.8 Å². The summed E-state index contributed by atoms with van der Waals surface area (Å²) in [6.45, 7) is -2.09. The van der Waals surface area contributed by atoms with Crippen molar-refractivity contribution in [1.82, 2.24) is 45.2 Å². The smallest absolute Gasteiger partial charge is 0.430 e. The number of carboxylic acids is 1. The molecule has 10 aromatic rings. The van der Waals surface area contributed by atoms with Gasteiger partial charge in [0.1, 0.15) is 19.1 Å². The number of hydrogen-bond donors (Lipinski definition) is 5. The molecule has 115 heavy (non-hydrogen) atoms. The molecule has 0 aliphatic carbocycles. The number of hydrogen-bond acceptors (Lipinski definition) is 14. The zero-order valence-electron chi connectivity index (χ0n) is 64.2. The van der Waals surface area contributed by atoms with E-state index in [4.69, 9.17) is 15.3 Å².